The number of aryl methyl sites for hydroxylation is 1. The van der Waals surface area contributed by atoms with Crippen molar-refractivity contribution in [1.29, 1.82) is 0 Å². The Labute approximate surface area is 209 Å². The third-order valence-electron chi connectivity index (χ3n) is 5.84. The van der Waals surface area contributed by atoms with Crippen LogP contribution in [-0.4, -0.2) is 45.5 Å². The van der Waals surface area contributed by atoms with E-state index in [0.717, 1.165) is 29.4 Å². The lowest BCUT2D eigenvalue weighted by molar-refractivity contribution is -0.111. The molecule has 2 heterocycles. The van der Waals surface area contributed by atoms with Crippen LogP contribution in [0.5, 0.6) is 0 Å². The highest BCUT2D eigenvalue weighted by molar-refractivity contribution is 5.99. The van der Waals surface area contributed by atoms with Crippen molar-refractivity contribution in [3.05, 3.63) is 54.7 Å². The lowest BCUT2D eigenvalue weighted by atomic mass is 9.95. The molecule has 0 radical (unpaired) electrons. The molecule has 0 bridgehead atoms. The summed E-state index contributed by atoms with van der Waals surface area (Å²) < 4.78 is 1.71. The van der Waals surface area contributed by atoms with Crippen LogP contribution >= 0.6 is 0 Å². The number of amides is 1. The second kappa shape index (κ2) is 14.1. The Balaban J connectivity index is 0.000000329. The number of nitrogens with one attached hydrogen (secondary N) is 2. The van der Waals surface area contributed by atoms with Gasteiger partial charge in [-0.15, -0.1) is 0 Å². The number of carbonyl (C=O) groups is 1. The van der Waals surface area contributed by atoms with Crippen molar-refractivity contribution in [2.45, 2.75) is 65.3 Å². The van der Waals surface area contributed by atoms with Gasteiger partial charge in [0.25, 0.3) is 0 Å². The van der Waals surface area contributed by atoms with Gasteiger partial charge in [0.15, 0.2) is 5.65 Å². The summed E-state index contributed by atoms with van der Waals surface area (Å²) in [6.45, 7) is 9.48. The van der Waals surface area contributed by atoms with Gasteiger partial charge in [0, 0.05) is 29.0 Å². The van der Waals surface area contributed by atoms with E-state index in [0.29, 0.717) is 17.3 Å². The van der Waals surface area contributed by atoms with Crippen molar-refractivity contribution in [3.8, 4) is 0 Å². The minimum atomic E-state index is -0.262. The summed E-state index contributed by atoms with van der Waals surface area (Å²) in [5.74, 6) is 0.850. The standard InChI is InChI=1S/C17H18N6O.C8H17N.C2H6/c1-3-11-10-19-23-15(9-14(18)22-17(11)23)20-12-6-5-7-13(8-12)21-16(24)4-2;1-9(2)8-6-4-3-5-7-8;1-2/h4-10,20H,2-3H2,1H3,(H2,18,22)(H,21,24);8H,3-7H2,1-2H3;1-2H3. The molecular weight excluding hydrogens is 438 g/mol. The van der Waals surface area contributed by atoms with Crippen LogP contribution in [0.1, 0.15) is 58.4 Å². The highest BCUT2D eigenvalue weighted by Crippen LogP contribution is 2.23. The van der Waals surface area contributed by atoms with Crippen LogP contribution in [0.2, 0.25) is 0 Å². The molecule has 0 unspecified atom stereocenters. The monoisotopic (exact) mass is 479 g/mol. The van der Waals surface area contributed by atoms with Crippen LogP contribution in [0, 0.1) is 0 Å². The highest BCUT2D eigenvalue weighted by atomic mass is 16.1. The summed E-state index contributed by atoms with van der Waals surface area (Å²) >= 11 is 0. The van der Waals surface area contributed by atoms with Gasteiger partial charge < -0.3 is 21.3 Å². The van der Waals surface area contributed by atoms with Gasteiger partial charge in [0.05, 0.1) is 6.20 Å². The Kier molecular flexibility index (Phi) is 11.2. The van der Waals surface area contributed by atoms with Gasteiger partial charge >= 0.3 is 0 Å². The highest BCUT2D eigenvalue weighted by Gasteiger charge is 2.14. The van der Waals surface area contributed by atoms with E-state index in [-0.39, 0.29) is 5.91 Å². The first-order chi connectivity index (χ1) is 16.9. The number of nitrogens with two attached hydrogens (primary N) is 1. The van der Waals surface area contributed by atoms with Crippen LogP contribution in [0.15, 0.2) is 49.2 Å². The lowest BCUT2D eigenvalue weighted by Gasteiger charge is -2.27. The molecule has 4 rings (SSSR count). The number of nitrogen functional groups attached to an aromatic ring is 1. The predicted octanol–water partition coefficient (Wildman–Crippen LogP) is 5.65. The Hall–Kier alpha value is -3.39. The largest absolute Gasteiger partial charge is 0.384 e. The molecule has 8 nitrogen and oxygen atoms in total. The van der Waals surface area contributed by atoms with Crippen LogP contribution in [0.4, 0.5) is 23.0 Å². The first-order valence-corrected chi connectivity index (χ1v) is 12.5. The maximum atomic E-state index is 11.4. The van der Waals surface area contributed by atoms with Gasteiger partial charge in [-0.2, -0.15) is 9.61 Å². The third kappa shape index (κ3) is 8.10. The van der Waals surface area contributed by atoms with Crippen LogP contribution < -0.4 is 16.4 Å². The minimum Gasteiger partial charge on any atom is -0.384 e. The van der Waals surface area contributed by atoms with E-state index in [1.54, 1.807) is 22.8 Å². The van der Waals surface area contributed by atoms with E-state index in [1.165, 1.54) is 38.2 Å². The quantitative estimate of drug-likeness (QED) is 0.395. The number of rotatable bonds is 6. The van der Waals surface area contributed by atoms with E-state index in [4.69, 9.17) is 5.73 Å². The van der Waals surface area contributed by atoms with Crippen LogP contribution in [-0.2, 0) is 11.2 Å². The Morgan fingerprint density at radius 2 is 1.89 bits per heavy atom. The van der Waals surface area contributed by atoms with Gasteiger partial charge in [-0.3, -0.25) is 4.79 Å². The van der Waals surface area contributed by atoms with E-state index >= 15 is 0 Å². The molecule has 1 fully saturated rings. The molecule has 1 aliphatic rings. The summed E-state index contributed by atoms with van der Waals surface area (Å²) in [5.41, 5.74) is 9.13. The summed E-state index contributed by atoms with van der Waals surface area (Å²) in [6.07, 6.45) is 11.0. The van der Waals surface area contributed by atoms with Crippen molar-refractivity contribution >= 4 is 34.6 Å². The second-order valence-corrected chi connectivity index (χ2v) is 8.48. The number of hydrogen-bond donors (Lipinski definition) is 3. The van der Waals surface area contributed by atoms with Gasteiger partial charge in [-0.05, 0) is 57.6 Å². The smallest absolute Gasteiger partial charge is 0.247 e. The number of aromatic nitrogens is 3. The van der Waals surface area contributed by atoms with Crippen molar-refractivity contribution in [2.24, 2.45) is 0 Å². The normalized spacial score (nSPS) is 13.3. The summed E-state index contributed by atoms with van der Waals surface area (Å²) in [4.78, 5) is 18.1. The molecule has 3 aromatic rings. The number of benzene rings is 1. The van der Waals surface area contributed by atoms with E-state index in [2.05, 4.69) is 46.3 Å². The first kappa shape index (κ1) is 27.9. The Bertz CT molecular complexity index is 1080. The van der Waals surface area contributed by atoms with Gasteiger partial charge in [0.2, 0.25) is 5.91 Å². The summed E-state index contributed by atoms with van der Waals surface area (Å²) in [6, 6.07) is 9.94. The number of nitrogens with zero attached hydrogens (tertiary/aromatic N) is 4. The molecule has 0 spiro atoms. The predicted molar refractivity (Wildman–Crippen MR) is 147 cm³/mol. The van der Waals surface area contributed by atoms with Crippen LogP contribution in [0.3, 0.4) is 0 Å². The zero-order chi connectivity index (χ0) is 25.8. The molecule has 1 aliphatic carbocycles. The molecule has 2 aromatic heterocycles. The zero-order valence-corrected chi connectivity index (χ0v) is 21.8. The molecule has 35 heavy (non-hydrogen) atoms. The zero-order valence-electron chi connectivity index (χ0n) is 21.8. The SMILES string of the molecule is C=CC(=O)Nc1cccc(Nc2cc(N)nc3c(CC)cnn23)c1.CC.CN(C)C1CCCCC1. The molecule has 4 N–H and O–H groups in total. The average Bonchev–Trinajstić information content (AvgIpc) is 3.29. The third-order valence-corrected chi connectivity index (χ3v) is 5.84. The number of hydrogen-bond acceptors (Lipinski definition) is 6. The topological polar surface area (TPSA) is 101 Å². The molecule has 0 atom stereocenters. The Morgan fingerprint density at radius 1 is 1.20 bits per heavy atom. The second-order valence-electron chi connectivity index (χ2n) is 8.48. The fourth-order valence-corrected chi connectivity index (χ4v) is 3.98. The van der Waals surface area contributed by atoms with E-state index < -0.39 is 0 Å². The van der Waals surface area contributed by atoms with E-state index in [9.17, 15) is 4.79 Å². The fourth-order valence-electron chi connectivity index (χ4n) is 3.98. The fraction of sp³-hybridized carbons (Fsp3) is 0.444. The minimum absolute atomic E-state index is 0.262. The molecular formula is C27H41N7O. The maximum absolute atomic E-state index is 11.4. The molecule has 8 heteroatoms. The molecule has 1 saturated carbocycles. The van der Waals surface area contributed by atoms with Crippen molar-refractivity contribution in [1.82, 2.24) is 19.5 Å². The van der Waals surface area contributed by atoms with E-state index in [1.807, 2.05) is 39.0 Å². The molecule has 190 valence electrons. The lowest BCUT2D eigenvalue weighted by Crippen LogP contribution is -2.29. The van der Waals surface area contributed by atoms with Gasteiger partial charge in [0.1, 0.15) is 11.6 Å². The van der Waals surface area contributed by atoms with Crippen molar-refractivity contribution in [3.63, 3.8) is 0 Å². The van der Waals surface area contributed by atoms with Crippen molar-refractivity contribution in [2.75, 3.05) is 30.5 Å². The number of anilines is 4. The maximum Gasteiger partial charge on any atom is 0.247 e. The molecule has 1 aromatic carbocycles. The molecule has 0 saturated heterocycles. The molecule has 0 aliphatic heterocycles. The number of fused-ring (bicyclic) bond motifs is 1. The number of carbonyl (C=O) groups excluding carboxylic acids is 1. The van der Waals surface area contributed by atoms with Gasteiger partial charge in [-0.1, -0.05) is 52.7 Å². The van der Waals surface area contributed by atoms with Crippen LogP contribution in [0.25, 0.3) is 5.65 Å². The average molecular weight is 480 g/mol. The first-order valence-electron chi connectivity index (χ1n) is 12.5. The summed E-state index contributed by atoms with van der Waals surface area (Å²) in [5, 5.41) is 10.3. The van der Waals surface area contributed by atoms with Gasteiger partial charge in [-0.25, -0.2) is 4.98 Å². The van der Waals surface area contributed by atoms with Crippen molar-refractivity contribution < 1.29 is 4.79 Å². The summed E-state index contributed by atoms with van der Waals surface area (Å²) in [7, 11) is 4.38. The molecule has 1 amide bonds. The Morgan fingerprint density at radius 3 is 2.49 bits per heavy atom.